The fourth-order valence-electron chi connectivity index (χ4n) is 3.60. The Morgan fingerprint density at radius 1 is 1.03 bits per heavy atom. The van der Waals surface area contributed by atoms with Crippen LogP contribution in [0.4, 0.5) is 5.13 Å². The number of anilines is 1. The number of benzene rings is 3. The Morgan fingerprint density at radius 2 is 1.74 bits per heavy atom. The largest absolute Gasteiger partial charge is 0.485 e. The second-order valence-electron chi connectivity index (χ2n) is 7.67. The van der Waals surface area contributed by atoms with E-state index in [9.17, 15) is 4.79 Å². The number of carbonyl (C=O) groups is 1. The Balaban J connectivity index is 1.51. The fraction of sp³-hybridized carbons (Fsp3) is 0.200. The molecule has 1 aliphatic rings. The van der Waals surface area contributed by atoms with Crippen molar-refractivity contribution >= 4 is 32.6 Å². The topological polar surface area (TPSA) is 51.7 Å². The summed E-state index contributed by atoms with van der Waals surface area (Å²) in [5.41, 5.74) is 4.33. The highest BCUT2D eigenvalue weighted by molar-refractivity contribution is 7.22. The van der Waals surface area contributed by atoms with Crippen molar-refractivity contribution in [2.24, 2.45) is 0 Å². The van der Waals surface area contributed by atoms with Crippen molar-refractivity contribution < 1.29 is 14.3 Å². The first kappa shape index (κ1) is 19.6. The van der Waals surface area contributed by atoms with Gasteiger partial charge in [0.25, 0.3) is 5.91 Å². The lowest BCUT2D eigenvalue weighted by atomic mass is 10.1. The summed E-state index contributed by atoms with van der Waals surface area (Å²) >= 11 is 1.52. The summed E-state index contributed by atoms with van der Waals surface area (Å²) in [7, 11) is 0. The van der Waals surface area contributed by atoms with Crippen molar-refractivity contribution in [2.45, 2.75) is 26.5 Å². The summed E-state index contributed by atoms with van der Waals surface area (Å²) in [6.07, 6.45) is -0.728. The zero-order valence-electron chi connectivity index (χ0n) is 17.4. The zero-order chi connectivity index (χ0) is 21.4. The van der Waals surface area contributed by atoms with E-state index in [1.165, 1.54) is 22.5 Å². The van der Waals surface area contributed by atoms with Crippen LogP contribution >= 0.6 is 11.3 Å². The third-order valence-corrected chi connectivity index (χ3v) is 6.50. The Bertz CT molecular complexity index is 1210. The summed E-state index contributed by atoms with van der Waals surface area (Å²) in [4.78, 5) is 20.1. The first-order valence-corrected chi connectivity index (χ1v) is 11.0. The van der Waals surface area contributed by atoms with Gasteiger partial charge in [0.1, 0.15) is 6.61 Å². The maximum Gasteiger partial charge on any atom is 0.273 e. The monoisotopic (exact) mass is 430 g/mol. The molecule has 0 fully saturated rings. The molecule has 1 atom stereocenters. The lowest BCUT2D eigenvalue weighted by Gasteiger charge is -2.29. The molecule has 0 N–H and O–H groups in total. The van der Waals surface area contributed by atoms with Crippen molar-refractivity contribution in [3.63, 3.8) is 0 Å². The minimum atomic E-state index is -0.728. The van der Waals surface area contributed by atoms with E-state index < -0.39 is 6.10 Å². The van der Waals surface area contributed by atoms with E-state index in [2.05, 4.69) is 26.0 Å². The first-order valence-electron chi connectivity index (χ1n) is 10.2. The van der Waals surface area contributed by atoms with Crippen molar-refractivity contribution in [1.82, 2.24) is 4.98 Å². The molecule has 0 saturated carbocycles. The molecule has 1 aromatic heterocycles. The maximum absolute atomic E-state index is 13.6. The van der Waals surface area contributed by atoms with Gasteiger partial charge in [-0.2, -0.15) is 0 Å². The van der Waals surface area contributed by atoms with Crippen molar-refractivity contribution in [2.75, 3.05) is 11.5 Å². The smallest absolute Gasteiger partial charge is 0.273 e. The molecule has 0 aliphatic carbocycles. The van der Waals surface area contributed by atoms with Crippen LogP contribution in [0.1, 0.15) is 16.7 Å². The van der Waals surface area contributed by atoms with Crippen molar-refractivity contribution in [3.8, 4) is 11.5 Å². The average Bonchev–Trinajstić information content (AvgIpc) is 3.20. The second-order valence-corrected chi connectivity index (χ2v) is 8.68. The molecule has 0 spiro atoms. The lowest BCUT2D eigenvalue weighted by Crippen LogP contribution is -2.46. The standard InChI is InChI=1S/C25H22N2O3S/c1-16-12-19-23(13-17(16)2)31-25(26-19)27(14-18-8-4-3-5-9-18)24(28)22-15-29-20-10-6-7-11-21(20)30-22/h3-13,22H,14-15H2,1-2H3. The van der Waals surface area contributed by atoms with Gasteiger partial charge < -0.3 is 9.47 Å². The van der Waals surface area contributed by atoms with Crippen LogP contribution in [-0.2, 0) is 11.3 Å². The Kier molecular flexibility index (Phi) is 5.08. The van der Waals surface area contributed by atoms with Crippen molar-refractivity contribution in [1.29, 1.82) is 0 Å². The van der Waals surface area contributed by atoms with E-state index in [0.29, 0.717) is 23.2 Å². The first-order chi connectivity index (χ1) is 15.1. The normalized spacial score (nSPS) is 15.1. The molecule has 5 nitrogen and oxygen atoms in total. The van der Waals surface area contributed by atoms with Gasteiger partial charge in [-0.25, -0.2) is 4.98 Å². The molecule has 0 radical (unpaired) electrons. The summed E-state index contributed by atoms with van der Waals surface area (Å²) in [5, 5.41) is 0.663. The van der Waals surface area contributed by atoms with E-state index in [0.717, 1.165) is 15.8 Å². The molecule has 3 aromatic carbocycles. The van der Waals surface area contributed by atoms with Gasteiger partial charge >= 0.3 is 0 Å². The second kappa shape index (κ2) is 8.04. The van der Waals surface area contributed by atoms with Crippen molar-refractivity contribution in [3.05, 3.63) is 83.4 Å². The fourth-order valence-corrected chi connectivity index (χ4v) is 4.65. The van der Waals surface area contributed by atoms with Crippen LogP contribution in [0.3, 0.4) is 0 Å². The predicted molar refractivity (Wildman–Crippen MR) is 123 cm³/mol. The van der Waals surface area contributed by atoms with Crippen LogP contribution in [-0.4, -0.2) is 23.6 Å². The molecule has 5 rings (SSSR count). The maximum atomic E-state index is 13.6. The Morgan fingerprint density at radius 3 is 2.55 bits per heavy atom. The Hall–Kier alpha value is -3.38. The number of para-hydroxylation sites is 2. The van der Waals surface area contributed by atoms with Gasteiger partial charge in [-0.05, 0) is 54.8 Å². The lowest BCUT2D eigenvalue weighted by molar-refractivity contribution is -0.127. The van der Waals surface area contributed by atoms with Crippen LogP contribution in [0.2, 0.25) is 0 Å². The van der Waals surface area contributed by atoms with Gasteiger partial charge in [0.2, 0.25) is 6.10 Å². The SMILES string of the molecule is Cc1cc2nc(N(Cc3ccccc3)C(=O)C3COc4ccccc4O3)sc2cc1C. The number of rotatable bonds is 4. The number of aryl methyl sites for hydroxylation is 2. The molecule has 0 saturated heterocycles. The van der Waals surface area contributed by atoms with E-state index in [1.54, 1.807) is 4.90 Å². The molecule has 156 valence electrons. The molecule has 6 heteroatoms. The van der Waals surface area contributed by atoms with E-state index in [4.69, 9.17) is 14.5 Å². The third-order valence-electron chi connectivity index (χ3n) is 5.46. The van der Waals surface area contributed by atoms with Gasteiger partial charge in [-0.3, -0.25) is 9.69 Å². The number of nitrogens with zero attached hydrogens (tertiary/aromatic N) is 2. The zero-order valence-corrected chi connectivity index (χ0v) is 18.2. The van der Waals surface area contributed by atoms with Gasteiger partial charge in [0.05, 0.1) is 16.8 Å². The summed E-state index contributed by atoms with van der Waals surface area (Å²) < 4.78 is 12.9. The number of thiazole rings is 1. The summed E-state index contributed by atoms with van der Waals surface area (Å²) in [6.45, 7) is 4.75. The summed E-state index contributed by atoms with van der Waals surface area (Å²) in [6, 6.07) is 21.6. The van der Waals surface area contributed by atoms with Gasteiger partial charge in [0, 0.05) is 0 Å². The van der Waals surface area contributed by atoms with Crippen LogP contribution in [0.15, 0.2) is 66.7 Å². The number of amides is 1. The van der Waals surface area contributed by atoms with E-state index >= 15 is 0 Å². The van der Waals surface area contributed by atoms with Gasteiger partial charge in [-0.15, -0.1) is 0 Å². The highest BCUT2D eigenvalue weighted by Crippen LogP contribution is 2.34. The van der Waals surface area contributed by atoms with E-state index in [1.807, 2.05) is 54.6 Å². The van der Waals surface area contributed by atoms with Crippen LogP contribution < -0.4 is 14.4 Å². The molecule has 1 amide bonds. The molecule has 4 aromatic rings. The molecular weight excluding hydrogens is 408 g/mol. The minimum absolute atomic E-state index is 0.161. The van der Waals surface area contributed by atoms with E-state index in [-0.39, 0.29) is 12.5 Å². The Labute approximate surface area is 184 Å². The molecule has 31 heavy (non-hydrogen) atoms. The number of hydrogen-bond acceptors (Lipinski definition) is 5. The quantitative estimate of drug-likeness (QED) is 0.442. The van der Waals surface area contributed by atoms with Crippen LogP contribution in [0.25, 0.3) is 10.2 Å². The highest BCUT2D eigenvalue weighted by atomic mass is 32.1. The highest BCUT2D eigenvalue weighted by Gasteiger charge is 2.33. The number of carbonyl (C=O) groups excluding carboxylic acids is 1. The summed E-state index contributed by atoms with van der Waals surface area (Å²) in [5.74, 6) is 1.08. The third kappa shape index (κ3) is 3.86. The number of fused-ring (bicyclic) bond motifs is 2. The van der Waals surface area contributed by atoms with Gasteiger partial charge in [0.15, 0.2) is 16.6 Å². The van der Waals surface area contributed by atoms with Crippen LogP contribution in [0, 0.1) is 13.8 Å². The molecule has 2 heterocycles. The number of hydrogen-bond donors (Lipinski definition) is 0. The van der Waals surface area contributed by atoms with Gasteiger partial charge in [-0.1, -0.05) is 53.8 Å². The molecule has 1 aliphatic heterocycles. The number of aromatic nitrogens is 1. The average molecular weight is 431 g/mol. The number of ether oxygens (including phenoxy) is 2. The minimum Gasteiger partial charge on any atom is -0.485 e. The van der Waals surface area contributed by atoms with Crippen LogP contribution in [0.5, 0.6) is 11.5 Å². The molecular formula is C25H22N2O3S. The molecule has 1 unspecified atom stereocenters. The predicted octanol–water partition coefficient (Wildman–Crippen LogP) is 5.29. The molecule has 0 bridgehead atoms.